The van der Waals surface area contributed by atoms with Gasteiger partial charge in [0.15, 0.2) is 5.96 Å². The maximum atomic E-state index is 9.34. The average Bonchev–Trinajstić information content (AvgIpc) is 3.19. The third-order valence-corrected chi connectivity index (χ3v) is 5.15. The number of rotatable bonds is 6. The van der Waals surface area contributed by atoms with Crippen molar-refractivity contribution in [2.45, 2.75) is 25.2 Å². The largest absolute Gasteiger partial charge is 0.508 e. The number of nitrogens with one attached hydrogen (secondary N) is 1. The van der Waals surface area contributed by atoms with E-state index in [4.69, 9.17) is 4.74 Å². The molecule has 1 heterocycles. The van der Waals surface area contributed by atoms with Gasteiger partial charge in [-0.15, -0.1) is 0 Å². The van der Waals surface area contributed by atoms with Crippen LogP contribution in [0, 0.1) is 0 Å². The number of benzene rings is 2. The highest BCUT2D eigenvalue weighted by atomic mass is 16.5. The number of aromatic hydroxyl groups is 1. The van der Waals surface area contributed by atoms with E-state index in [1.54, 1.807) is 19.2 Å². The standard InChI is InChI=1S/C22H29N3O2/c1-23-22(24-14-3-4-17-5-9-20(26)10-6-17)25-15-13-19(16-25)18-7-11-21(27-2)12-8-18/h5-12,19,26H,3-4,13-16H2,1-2H3,(H,23,24). The molecule has 0 spiro atoms. The molecule has 1 saturated heterocycles. The predicted molar refractivity (Wildman–Crippen MR) is 110 cm³/mol. The molecule has 1 aliphatic rings. The minimum Gasteiger partial charge on any atom is -0.508 e. The summed E-state index contributed by atoms with van der Waals surface area (Å²) < 4.78 is 5.25. The molecule has 27 heavy (non-hydrogen) atoms. The molecule has 2 aromatic rings. The summed E-state index contributed by atoms with van der Waals surface area (Å²) in [5.74, 6) is 2.74. The van der Waals surface area contributed by atoms with Crippen molar-refractivity contribution in [3.05, 3.63) is 59.7 Å². The molecule has 2 N–H and O–H groups in total. The van der Waals surface area contributed by atoms with E-state index >= 15 is 0 Å². The van der Waals surface area contributed by atoms with Crippen LogP contribution in [-0.4, -0.2) is 49.8 Å². The van der Waals surface area contributed by atoms with Gasteiger partial charge in [0, 0.05) is 32.6 Å². The smallest absolute Gasteiger partial charge is 0.193 e. The Kier molecular flexibility index (Phi) is 6.58. The zero-order valence-corrected chi connectivity index (χ0v) is 16.2. The van der Waals surface area contributed by atoms with Gasteiger partial charge < -0.3 is 20.1 Å². The molecule has 1 atom stereocenters. The van der Waals surface area contributed by atoms with E-state index in [9.17, 15) is 5.11 Å². The van der Waals surface area contributed by atoms with Crippen molar-refractivity contribution >= 4 is 5.96 Å². The second kappa shape index (κ2) is 9.31. The second-order valence-corrected chi connectivity index (χ2v) is 6.95. The number of guanidine groups is 1. The second-order valence-electron chi connectivity index (χ2n) is 6.95. The van der Waals surface area contributed by atoms with Gasteiger partial charge in [-0.2, -0.15) is 0 Å². The molecule has 3 rings (SSSR count). The third-order valence-electron chi connectivity index (χ3n) is 5.15. The summed E-state index contributed by atoms with van der Waals surface area (Å²) in [6.07, 6.45) is 3.15. The van der Waals surface area contributed by atoms with Gasteiger partial charge in [-0.1, -0.05) is 24.3 Å². The number of ether oxygens (including phenoxy) is 1. The van der Waals surface area contributed by atoms with Crippen LogP contribution in [0.4, 0.5) is 0 Å². The predicted octanol–water partition coefficient (Wildman–Crippen LogP) is 3.40. The average molecular weight is 367 g/mol. The first kappa shape index (κ1) is 19.1. The van der Waals surface area contributed by atoms with Crippen LogP contribution in [-0.2, 0) is 6.42 Å². The van der Waals surface area contributed by atoms with E-state index in [2.05, 4.69) is 27.3 Å². The Hall–Kier alpha value is -2.69. The first-order valence-corrected chi connectivity index (χ1v) is 9.57. The lowest BCUT2D eigenvalue weighted by Gasteiger charge is -2.22. The first-order valence-electron chi connectivity index (χ1n) is 9.57. The van der Waals surface area contributed by atoms with E-state index < -0.39 is 0 Å². The van der Waals surface area contributed by atoms with Crippen molar-refractivity contribution in [2.24, 2.45) is 4.99 Å². The fraction of sp³-hybridized carbons (Fsp3) is 0.409. The van der Waals surface area contributed by atoms with Crippen LogP contribution in [0.25, 0.3) is 0 Å². The summed E-state index contributed by atoms with van der Waals surface area (Å²) >= 11 is 0. The molecule has 5 heteroatoms. The topological polar surface area (TPSA) is 57.1 Å². The van der Waals surface area contributed by atoms with Gasteiger partial charge in [-0.3, -0.25) is 4.99 Å². The quantitative estimate of drug-likeness (QED) is 0.467. The monoisotopic (exact) mass is 367 g/mol. The lowest BCUT2D eigenvalue weighted by atomic mass is 9.98. The van der Waals surface area contributed by atoms with Crippen molar-refractivity contribution in [1.82, 2.24) is 10.2 Å². The van der Waals surface area contributed by atoms with Crippen LogP contribution in [0.1, 0.15) is 29.9 Å². The summed E-state index contributed by atoms with van der Waals surface area (Å²) in [4.78, 5) is 6.80. The molecule has 0 aromatic heterocycles. The highest BCUT2D eigenvalue weighted by Gasteiger charge is 2.25. The molecule has 0 aliphatic carbocycles. The molecule has 0 saturated carbocycles. The van der Waals surface area contributed by atoms with Crippen LogP contribution in [0.15, 0.2) is 53.5 Å². The Morgan fingerprint density at radius 3 is 2.59 bits per heavy atom. The SMILES string of the molecule is CN=C(NCCCc1ccc(O)cc1)N1CCC(c2ccc(OC)cc2)C1. The fourth-order valence-electron chi connectivity index (χ4n) is 3.59. The molecule has 5 nitrogen and oxygen atoms in total. The van der Waals surface area contributed by atoms with Crippen molar-refractivity contribution < 1.29 is 9.84 Å². The van der Waals surface area contributed by atoms with Crippen LogP contribution in [0.5, 0.6) is 11.5 Å². The van der Waals surface area contributed by atoms with Gasteiger partial charge in [0.05, 0.1) is 7.11 Å². The number of nitrogens with zero attached hydrogens (tertiary/aromatic N) is 2. The van der Waals surface area contributed by atoms with Gasteiger partial charge in [0.1, 0.15) is 11.5 Å². The zero-order valence-electron chi connectivity index (χ0n) is 16.2. The minimum atomic E-state index is 0.317. The number of hydrogen-bond donors (Lipinski definition) is 2. The first-order chi connectivity index (χ1) is 13.2. The lowest BCUT2D eigenvalue weighted by molar-refractivity contribution is 0.414. The molecular formula is C22H29N3O2. The van der Waals surface area contributed by atoms with Gasteiger partial charge in [0.2, 0.25) is 0 Å². The molecule has 0 bridgehead atoms. The summed E-state index contributed by atoms with van der Waals surface area (Å²) in [7, 11) is 3.55. The van der Waals surface area contributed by atoms with E-state index in [0.717, 1.165) is 50.6 Å². The van der Waals surface area contributed by atoms with Crippen LogP contribution >= 0.6 is 0 Å². The summed E-state index contributed by atoms with van der Waals surface area (Å²) in [6, 6.07) is 15.8. The Morgan fingerprint density at radius 2 is 1.93 bits per heavy atom. The molecule has 144 valence electrons. The molecule has 1 aliphatic heterocycles. The van der Waals surface area contributed by atoms with Crippen molar-refractivity contribution in [3.63, 3.8) is 0 Å². The lowest BCUT2D eigenvalue weighted by Crippen LogP contribution is -2.40. The van der Waals surface area contributed by atoms with Crippen molar-refractivity contribution in [3.8, 4) is 11.5 Å². The molecule has 0 amide bonds. The molecule has 2 aromatic carbocycles. The Balaban J connectivity index is 1.45. The van der Waals surface area contributed by atoms with E-state index in [1.807, 2.05) is 31.3 Å². The third kappa shape index (κ3) is 5.16. The van der Waals surface area contributed by atoms with E-state index in [0.29, 0.717) is 11.7 Å². The molecule has 1 fully saturated rings. The van der Waals surface area contributed by atoms with Gasteiger partial charge in [0.25, 0.3) is 0 Å². The van der Waals surface area contributed by atoms with Gasteiger partial charge in [-0.05, 0) is 54.7 Å². The number of phenols is 1. The summed E-state index contributed by atoms with van der Waals surface area (Å²) in [6.45, 7) is 2.90. The Morgan fingerprint density at radius 1 is 1.19 bits per heavy atom. The number of phenolic OH excluding ortho intramolecular Hbond substituents is 1. The van der Waals surface area contributed by atoms with E-state index in [-0.39, 0.29) is 0 Å². The normalized spacial score (nSPS) is 17.2. The maximum absolute atomic E-state index is 9.34. The van der Waals surface area contributed by atoms with Crippen LogP contribution < -0.4 is 10.1 Å². The van der Waals surface area contributed by atoms with Crippen molar-refractivity contribution in [2.75, 3.05) is 33.8 Å². The highest BCUT2D eigenvalue weighted by Crippen LogP contribution is 2.28. The van der Waals surface area contributed by atoms with Crippen LogP contribution in [0.3, 0.4) is 0 Å². The van der Waals surface area contributed by atoms with Gasteiger partial charge in [-0.25, -0.2) is 0 Å². The number of methoxy groups -OCH3 is 1. The Labute approximate surface area is 161 Å². The maximum Gasteiger partial charge on any atom is 0.193 e. The van der Waals surface area contributed by atoms with Crippen LogP contribution in [0.2, 0.25) is 0 Å². The highest BCUT2D eigenvalue weighted by molar-refractivity contribution is 5.80. The zero-order chi connectivity index (χ0) is 19.1. The number of likely N-dealkylation sites (tertiary alicyclic amines) is 1. The molecular weight excluding hydrogens is 338 g/mol. The summed E-state index contributed by atoms with van der Waals surface area (Å²) in [5, 5.41) is 12.8. The minimum absolute atomic E-state index is 0.317. The molecule has 1 unspecified atom stereocenters. The van der Waals surface area contributed by atoms with Crippen molar-refractivity contribution in [1.29, 1.82) is 0 Å². The number of aliphatic imine (C=N–C) groups is 1. The van der Waals surface area contributed by atoms with Gasteiger partial charge >= 0.3 is 0 Å². The number of aryl methyl sites for hydroxylation is 1. The number of hydrogen-bond acceptors (Lipinski definition) is 3. The Bertz CT molecular complexity index is 741. The van der Waals surface area contributed by atoms with E-state index in [1.165, 1.54) is 11.1 Å². The fourth-order valence-corrected chi connectivity index (χ4v) is 3.59. The molecule has 0 radical (unpaired) electrons. The summed E-state index contributed by atoms with van der Waals surface area (Å²) in [5.41, 5.74) is 2.60.